The Morgan fingerprint density at radius 2 is 1.04 bits per heavy atom. The van der Waals surface area contributed by atoms with Crippen LogP contribution < -0.4 is 16.8 Å². The summed E-state index contributed by atoms with van der Waals surface area (Å²) in [7, 11) is 5.34. The number of carbonyl (C=O) groups is 4. The van der Waals surface area contributed by atoms with Crippen LogP contribution in [-0.2, 0) is 40.5 Å². The lowest BCUT2D eigenvalue weighted by Gasteiger charge is -2.29. The molecule has 6 N–H and O–H groups in total. The number of nitrogens with one attached hydrogen (secondary N) is 2. The van der Waals surface area contributed by atoms with E-state index in [1.165, 1.54) is 7.11 Å². The summed E-state index contributed by atoms with van der Waals surface area (Å²) >= 11 is 0. The normalized spacial score (nSPS) is 15.2. The van der Waals surface area contributed by atoms with E-state index >= 15 is 0 Å². The first-order valence-electron chi connectivity index (χ1n) is 18.5. The Bertz CT molecular complexity index is 2010. The summed E-state index contributed by atoms with van der Waals surface area (Å²) in [6.45, 7) is 15.5. The molecular weight excluding hydrogens is 727 g/mol. The highest BCUT2D eigenvalue weighted by Gasteiger charge is 2.37. The maximum Gasteiger partial charge on any atom is 0.328 e. The Balaban J connectivity index is 0.000000295. The molecule has 57 heavy (non-hydrogen) atoms. The van der Waals surface area contributed by atoms with E-state index in [9.17, 15) is 24.3 Å². The number of aromatic nitrogens is 4. The van der Waals surface area contributed by atoms with Crippen molar-refractivity contribution in [3.8, 4) is 22.8 Å². The number of nitrogens with zero attached hydrogens (tertiary/aromatic N) is 6. The van der Waals surface area contributed by atoms with E-state index < -0.39 is 40.8 Å². The van der Waals surface area contributed by atoms with Gasteiger partial charge in [-0.25, -0.2) is 19.6 Å². The van der Waals surface area contributed by atoms with Crippen molar-refractivity contribution in [2.24, 2.45) is 10.8 Å². The fourth-order valence-electron chi connectivity index (χ4n) is 6.76. The molecule has 2 aliphatic heterocycles. The number of benzene rings is 2. The number of fused-ring (bicyclic) bond motifs is 2. The lowest BCUT2D eigenvalue weighted by Crippen LogP contribution is -2.50. The molecular formula is C42H61N9O6. The Labute approximate surface area is 336 Å². The van der Waals surface area contributed by atoms with Crippen LogP contribution in [0.3, 0.4) is 0 Å². The highest BCUT2D eigenvalue weighted by atomic mass is 16.5. The number of carboxylic acid groups (broad SMARTS) is 1. The molecule has 4 heterocycles. The van der Waals surface area contributed by atoms with Gasteiger partial charge in [0.05, 0.1) is 18.5 Å². The van der Waals surface area contributed by atoms with Gasteiger partial charge in [-0.05, 0) is 24.9 Å². The number of hydrogen-bond donors (Lipinski definition) is 4. The second-order valence-electron chi connectivity index (χ2n) is 16.4. The molecule has 0 radical (unpaired) electrons. The molecule has 0 unspecified atom stereocenters. The third-order valence-corrected chi connectivity index (χ3v) is 9.86. The summed E-state index contributed by atoms with van der Waals surface area (Å²) < 4.78 is 9.06. The van der Waals surface area contributed by atoms with Crippen molar-refractivity contribution >= 4 is 23.8 Å². The predicted octanol–water partition coefficient (Wildman–Crippen LogP) is 5.34. The first-order valence-corrected chi connectivity index (χ1v) is 18.5. The van der Waals surface area contributed by atoms with Crippen LogP contribution in [0, 0.1) is 10.8 Å². The zero-order chi connectivity index (χ0) is 40.2. The van der Waals surface area contributed by atoms with E-state index in [1.807, 2.05) is 95.5 Å². The molecule has 15 nitrogen and oxygen atoms in total. The highest BCUT2D eigenvalue weighted by Crippen LogP contribution is 2.29. The van der Waals surface area contributed by atoms with Gasteiger partial charge in [0.25, 0.3) is 11.8 Å². The smallest absolute Gasteiger partial charge is 0.328 e. The number of esters is 1. The number of rotatable bonds is 8. The summed E-state index contributed by atoms with van der Waals surface area (Å²) in [5.41, 5.74) is 3.16. The van der Waals surface area contributed by atoms with Gasteiger partial charge in [0.15, 0.2) is 11.4 Å². The molecule has 310 valence electrons. The number of carboxylic acids is 1. The molecule has 0 saturated heterocycles. The molecule has 4 aromatic rings. The van der Waals surface area contributed by atoms with E-state index in [-0.39, 0.29) is 19.5 Å². The molecule has 0 fully saturated rings. The molecule has 2 aliphatic rings. The van der Waals surface area contributed by atoms with Crippen molar-refractivity contribution in [2.45, 2.75) is 87.2 Å². The van der Waals surface area contributed by atoms with Crippen molar-refractivity contribution in [2.75, 3.05) is 34.3 Å². The zero-order valence-electron chi connectivity index (χ0n) is 34.0. The molecule has 2 atom stereocenters. The van der Waals surface area contributed by atoms with Crippen molar-refractivity contribution < 1.29 is 29.0 Å². The van der Waals surface area contributed by atoms with Crippen molar-refractivity contribution in [1.29, 1.82) is 0 Å². The first kappa shape index (κ1) is 46.0. The molecule has 2 amide bonds. The molecule has 2 aromatic heterocycles. The number of imidazole rings is 2. The largest absolute Gasteiger partial charge is 0.480 e. The van der Waals surface area contributed by atoms with Crippen LogP contribution in [0.4, 0.5) is 0 Å². The van der Waals surface area contributed by atoms with Crippen LogP contribution in [0.15, 0.2) is 60.7 Å². The Morgan fingerprint density at radius 3 is 1.37 bits per heavy atom. The number of methoxy groups -OCH3 is 1. The summed E-state index contributed by atoms with van der Waals surface area (Å²) in [6, 6.07) is 17.8. The highest BCUT2D eigenvalue weighted by molar-refractivity contribution is 5.98. The van der Waals surface area contributed by atoms with Crippen molar-refractivity contribution in [3.05, 3.63) is 83.4 Å². The predicted molar refractivity (Wildman–Crippen MR) is 221 cm³/mol. The minimum Gasteiger partial charge on any atom is -0.480 e. The Morgan fingerprint density at radius 1 is 0.667 bits per heavy atom. The van der Waals surface area contributed by atoms with E-state index in [4.69, 9.17) is 4.74 Å². The fraction of sp³-hybridized carbons (Fsp3) is 0.476. The van der Waals surface area contributed by atoms with Crippen LogP contribution in [0.5, 0.6) is 0 Å². The van der Waals surface area contributed by atoms with Gasteiger partial charge < -0.3 is 35.8 Å². The summed E-state index contributed by atoms with van der Waals surface area (Å²) in [4.78, 5) is 63.5. The molecule has 0 spiro atoms. The minimum atomic E-state index is -1.05. The van der Waals surface area contributed by atoms with Crippen LogP contribution in [0.2, 0.25) is 0 Å². The average Bonchev–Trinajstić information content (AvgIpc) is 3.71. The van der Waals surface area contributed by atoms with Crippen LogP contribution in [0.1, 0.15) is 81.3 Å². The quantitative estimate of drug-likeness (QED) is 0.168. The van der Waals surface area contributed by atoms with E-state index in [0.717, 1.165) is 60.3 Å². The number of ether oxygens (including phenoxy) is 1. The summed E-state index contributed by atoms with van der Waals surface area (Å²) in [5, 5.41) is 15.0. The monoisotopic (exact) mass is 787 g/mol. The summed E-state index contributed by atoms with van der Waals surface area (Å²) in [6.07, 6.45) is 0. The van der Waals surface area contributed by atoms with Crippen molar-refractivity contribution in [1.82, 2.24) is 45.7 Å². The van der Waals surface area contributed by atoms with Gasteiger partial charge >= 0.3 is 11.9 Å². The molecule has 0 aliphatic carbocycles. The maximum atomic E-state index is 13.1. The first-order chi connectivity index (χ1) is 25.9. The second-order valence-corrected chi connectivity index (χ2v) is 16.4. The average molecular weight is 788 g/mol. The molecule has 0 bridgehead atoms. The number of likely N-dealkylation sites (N-methyl/N-ethyl adjacent to an activating group) is 2. The van der Waals surface area contributed by atoms with Crippen molar-refractivity contribution in [3.63, 3.8) is 0 Å². The maximum absolute atomic E-state index is 13.1. The number of carbonyl (C=O) groups excluding carboxylic acids is 3. The molecule has 2 aromatic carbocycles. The number of hydrogen-bond acceptors (Lipinski definition) is 10. The van der Waals surface area contributed by atoms with Gasteiger partial charge in [0, 0.05) is 50.4 Å². The van der Waals surface area contributed by atoms with Gasteiger partial charge in [-0.3, -0.25) is 19.4 Å². The number of aliphatic carboxylic acids is 1. The fourth-order valence-corrected chi connectivity index (χ4v) is 6.76. The van der Waals surface area contributed by atoms with E-state index in [0.29, 0.717) is 24.5 Å². The Hall–Kier alpha value is -5.38. The zero-order valence-corrected chi connectivity index (χ0v) is 34.0. The van der Waals surface area contributed by atoms with Gasteiger partial charge in [-0.15, -0.1) is 0 Å². The standard InChI is InChI=1S/C21H28N4O3.C20H26N4O3.CH4.H3N/c1-21(2,3)17(20(27)28-5)23-19(26)16-15-13-24(4)11-12-25(15)18(22-16)14-9-7-6-8-10-14;1-20(2,3)16(19(26)27)22-18(25)15-14-12-23(4)10-11-24(14)17(21-15)13-8-6-5-7-9-13;;/h6-10,17H,11-13H2,1-5H3,(H,23,26);5-9,16H,10-12H2,1-4H3,(H,22,25)(H,26,27);1H4;1H3/t17-;16-;;/m11../s1. The topological polar surface area (TPSA) is 199 Å². The van der Waals surface area contributed by atoms with Crippen LogP contribution in [0.25, 0.3) is 22.8 Å². The lowest BCUT2D eigenvalue weighted by molar-refractivity contribution is -0.145. The molecule has 15 heteroatoms. The molecule has 6 rings (SSSR count). The third kappa shape index (κ3) is 10.5. The lowest BCUT2D eigenvalue weighted by atomic mass is 9.86. The van der Waals surface area contributed by atoms with Gasteiger partial charge in [-0.1, -0.05) is 110 Å². The minimum absolute atomic E-state index is 0. The van der Waals surface area contributed by atoms with Crippen LogP contribution >= 0.6 is 0 Å². The van der Waals surface area contributed by atoms with Gasteiger partial charge in [0.2, 0.25) is 0 Å². The second kappa shape index (κ2) is 18.7. The number of amides is 2. The molecule has 0 saturated carbocycles. The third-order valence-electron chi connectivity index (χ3n) is 9.86. The van der Waals surface area contributed by atoms with Gasteiger partial charge in [-0.2, -0.15) is 0 Å². The Kier molecular flexibility index (Phi) is 15.1. The van der Waals surface area contributed by atoms with E-state index in [2.05, 4.69) is 39.5 Å². The van der Waals surface area contributed by atoms with E-state index in [1.54, 1.807) is 20.8 Å². The van der Waals surface area contributed by atoms with Crippen LogP contribution in [-0.4, -0.2) is 104 Å². The summed E-state index contributed by atoms with van der Waals surface area (Å²) in [5.74, 6) is -0.797. The van der Waals surface area contributed by atoms with Gasteiger partial charge in [0.1, 0.15) is 23.7 Å². The SMILES string of the molecule is C.CN1CCn2c(-c3ccccc3)nc(C(=O)N[C@H](C(=O)O)C(C)(C)C)c2C1.COC(=O)[C@@H](NC(=O)c1nc(-c2ccccc2)n2c1CN(C)CC2)C(C)(C)C.N.